The molecular formula is C25H31N5O4S. The van der Waals surface area contributed by atoms with Crippen LogP contribution in [0.25, 0.3) is 0 Å². The van der Waals surface area contributed by atoms with Crippen LogP contribution in [0.5, 0.6) is 5.75 Å². The Morgan fingerprint density at radius 2 is 1.74 bits per heavy atom. The molecule has 2 N–H and O–H groups in total. The molecule has 9 nitrogen and oxygen atoms in total. The van der Waals surface area contributed by atoms with E-state index < -0.39 is 5.97 Å². The summed E-state index contributed by atoms with van der Waals surface area (Å²) < 4.78 is 12.1. The summed E-state index contributed by atoms with van der Waals surface area (Å²) >= 11 is 1.13. The number of rotatable bonds is 10. The highest BCUT2D eigenvalue weighted by Crippen LogP contribution is 2.25. The predicted octanol–water partition coefficient (Wildman–Crippen LogP) is 3.56. The minimum Gasteiger partial charge on any atom is -0.486 e. The largest absolute Gasteiger partial charge is 0.486 e. The molecule has 10 heteroatoms. The summed E-state index contributed by atoms with van der Waals surface area (Å²) in [5.41, 5.74) is 1.88. The smallest absolute Gasteiger partial charge is 0.326 e. The zero-order chi connectivity index (χ0) is 25.4. The summed E-state index contributed by atoms with van der Waals surface area (Å²) in [5.74, 6) is 6.50. The van der Waals surface area contributed by atoms with Gasteiger partial charge in [-0.05, 0) is 42.2 Å². The average molecular weight is 498 g/mol. The van der Waals surface area contributed by atoms with Gasteiger partial charge in [0.25, 0.3) is 0 Å². The van der Waals surface area contributed by atoms with Gasteiger partial charge in [-0.1, -0.05) is 62.9 Å². The van der Waals surface area contributed by atoms with Gasteiger partial charge in [-0.3, -0.25) is 9.59 Å². The fraction of sp³-hybridized carbons (Fsp3) is 0.360. The van der Waals surface area contributed by atoms with Crippen LogP contribution in [0.3, 0.4) is 0 Å². The number of carbonyl (C=O) groups excluding carboxylic acids is 2. The Hall–Kier alpha value is -3.53. The van der Waals surface area contributed by atoms with Crippen molar-refractivity contribution in [2.75, 3.05) is 29.6 Å². The number of aromatic nitrogens is 3. The van der Waals surface area contributed by atoms with Crippen molar-refractivity contribution in [3.8, 4) is 5.75 Å². The summed E-state index contributed by atoms with van der Waals surface area (Å²) in [6, 6.07) is 16.8. The van der Waals surface area contributed by atoms with E-state index in [9.17, 15) is 9.59 Å². The molecule has 35 heavy (non-hydrogen) atoms. The maximum atomic E-state index is 13.0. The highest BCUT2D eigenvalue weighted by Gasteiger charge is 2.21. The first kappa shape index (κ1) is 26.1. The van der Waals surface area contributed by atoms with Crippen LogP contribution < -0.4 is 15.5 Å². The number of benzene rings is 2. The number of anilines is 1. The minimum atomic E-state index is -0.480. The summed E-state index contributed by atoms with van der Waals surface area (Å²) in [7, 11) is 0. The van der Waals surface area contributed by atoms with E-state index in [1.165, 1.54) is 15.1 Å². The standard InChI is InChI=1S/C25H31N5O4S/c1-5-33-23(32)15-29(19-9-7-6-8-10-19)22(31)17-35-24-28-27-21(30(24)26)16-34-20-13-11-18(12-14-20)25(2,3)4/h6-14H,5,15-17,26H2,1-4H3. The first-order valence-corrected chi connectivity index (χ1v) is 12.2. The third-order valence-corrected chi connectivity index (χ3v) is 6.04. The van der Waals surface area contributed by atoms with Crippen molar-refractivity contribution in [2.24, 2.45) is 0 Å². The zero-order valence-corrected chi connectivity index (χ0v) is 21.2. The van der Waals surface area contributed by atoms with Gasteiger partial charge in [0.05, 0.1) is 12.4 Å². The lowest BCUT2D eigenvalue weighted by Crippen LogP contribution is -2.37. The third-order valence-electron chi connectivity index (χ3n) is 5.11. The summed E-state index contributed by atoms with van der Waals surface area (Å²) in [4.78, 5) is 26.4. The predicted molar refractivity (Wildman–Crippen MR) is 136 cm³/mol. The summed E-state index contributed by atoms with van der Waals surface area (Å²) in [6.07, 6.45) is 0. The second kappa shape index (κ2) is 11.7. The number of hydrogen-bond acceptors (Lipinski definition) is 8. The zero-order valence-electron chi connectivity index (χ0n) is 20.4. The van der Waals surface area contributed by atoms with Gasteiger partial charge < -0.3 is 20.2 Å². The van der Waals surface area contributed by atoms with Crippen molar-refractivity contribution in [3.63, 3.8) is 0 Å². The van der Waals surface area contributed by atoms with Crippen LogP contribution in [0.15, 0.2) is 59.8 Å². The Balaban J connectivity index is 1.60. The molecule has 2 aromatic carbocycles. The van der Waals surface area contributed by atoms with E-state index in [0.29, 0.717) is 22.4 Å². The molecule has 0 aliphatic heterocycles. The number of nitrogens with zero attached hydrogens (tertiary/aromatic N) is 4. The number of nitrogen functional groups attached to an aromatic ring is 1. The van der Waals surface area contributed by atoms with Crippen molar-refractivity contribution in [2.45, 2.75) is 44.9 Å². The molecule has 3 rings (SSSR count). The van der Waals surface area contributed by atoms with Gasteiger partial charge in [0.2, 0.25) is 11.1 Å². The third kappa shape index (κ3) is 7.22. The lowest BCUT2D eigenvalue weighted by molar-refractivity contribution is -0.142. The van der Waals surface area contributed by atoms with E-state index in [0.717, 1.165) is 11.8 Å². The van der Waals surface area contributed by atoms with Crippen LogP contribution in [0.4, 0.5) is 5.69 Å². The van der Waals surface area contributed by atoms with Gasteiger partial charge in [-0.2, -0.15) is 0 Å². The normalized spacial score (nSPS) is 11.2. The highest BCUT2D eigenvalue weighted by molar-refractivity contribution is 7.99. The van der Waals surface area contributed by atoms with Gasteiger partial charge in [0.1, 0.15) is 18.9 Å². The Labute approximate surface area is 209 Å². The molecular weight excluding hydrogens is 466 g/mol. The van der Waals surface area contributed by atoms with Crippen LogP contribution in [0.2, 0.25) is 0 Å². The number of amides is 1. The molecule has 0 radical (unpaired) electrons. The SMILES string of the molecule is CCOC(=O)CN(C(=O)CSc1nnc(COc2ccc(C(C)(C)C)cc2)n1N)c1ccccc1. The summed E-state index contributed by atoms with van der Waals surface area (Å²) in [5, 5.41) is 8.53. The fourth-order valence-electron chi connectivity index (χ4n) is 3.17. The number of thioether (sulfide) groups is 1. The van der Waals surface area contributed by atoms with Gasteiger partial charge in [0, 0.05) is 5.69 Å². The fourth-order valence-corrected chi connectivity index (χ4v) is 3.93. The molecule has 0 saturated carbocycles. The number of hydrogen-bond donors (Lipinski definition) is 1. The van der Waals surface area contributed by atoms with E-state index in [2.05, 4.69) is 31.0 Å². The molecule has 186 valence electrons. The Morgan fingerprint density at radius 1 is 1.06 bits per heavy atom. The van der Waals surface area contributed by atoms with Gasteiger partial charge in [-0.25, -0.2) is 4.68 Å². The van der Waals surface area contributed by atoms with Crippen LogP contribution in [-0.2, 0) is 26.3 Å². The molecule has 0 unspecified atom stereocenters. The van der Waals surface area contributed by atoms with E-state index >= 15 is 0 Å². The van der Waals surface area contributed by atoms with Crippen molar-refractivity contribution < 1.29 is 19.1 Å². The molecule has 0 saturated heterocycles. The van der Waals surface area contributed by atoms with E-state index in [1.54, 1.807) is 31.2 Å². The summed E-state index contributed by atoms with van der Waals surface area (Å²) in [6.45, 7) is 8.37. The van der Waals surface area contributed by atoms with Crippen LogP contribution in [0, 0.1) is 0 Å². The number of ether oxygens (including phenoxy) is 2. The van der Waals surface area contributed by atoms with Gasteiger partial charge in [0.15, 0.2) is 5.82 Å². The Morgan fingerprint density at radius 3 is 2.37 bits per heavy atom. The molecule has 0 aliphatic carbocycles. The molecule has 0 atom stereocenters. The van der Waals surface area contributed by atoms with E-state index in [-0.39, 0.29) is 36.8 Å². The van der Waals surface area contributed by atoms with Gasteiger partial charge >= 0.3 is 5.97 Å². The first-order valence-electron chi connectivity index (χ1n) is 11.3. The second-order valence-corrected chi connectivity index (χ2v) is 9.68. The lowest BCUT2D eigenvalue weighted by Gasteiger charge is -2.21. The number of para-hydroxylation sites is 1. The van der Waals surface area contributed by atoms with Crippen LogP contribution >= 0.6 is 11.8 Å². The van der Waals surface area contributed by atoms with Crippen molar-refractivity contribution in [3.05, 3.63) is 66.0 Å². The Bertz CT molecular complexity index is 1130. The van der Waals surface area contributed by atoms with Crippen molar-refractivity contribution >= 4 is 29.3 Å². The van der Waals surface area contributed by atoms with E-state index in [1.807, 2.05) is 30.3 Å². The average Bonchev–Trinajstić information content (AvgIpc) is 3.19. The second-order valence-electron chi connectivity index (χ2n) is 8.74. The molecule has 1 aromatic heterocycles. The monoisotopic (exact) mass is 497 g/mol. The molecule has 0 aliphatic rings. The molecule has 0 fully saturated rings. The number of esters is 1. The number of nitrogens with two attached hydrogens (primary N) is 1. The molecule has 1 amide bonds. The minimum absolute atomic E-state index is 0.0127. The Kier molecular flexibility index (Phi) is 8.75. The van der Waals surface area contributed by atoms with Gasteiger partial charge in [-0.15, -0.1) is 10.2 Å². The number of carbonyl (C=O) groups is 2. The molecule has 3 aromatic rings. The quantitative estimate of drug-likeness (QED) is 0.257. The van der Waals surface area contributed by atoms with Crippen LogP contribution in [-0.4, -0.2) is 45.7 Å². The first-order chi connectivity index (χ1) is 16.7. The van der Waals surface area contributed by atoms with E-state index in [4.69, 9.17) is 15.3 Å². The molecule has 1 heterocycles. The topological polar surface area (TPSA) is 113 Å². The molecule has 0 spiro atoms. The van der Waals surface area contributed by atoms with Crippen molar-refractivity contribution in [1.82, 2.24) is 14.9 Å². The lowest BCUT2D eigenvalue weighted by atomic mass is 9.87. The highest BCUT2D eigenvalue weighted by atomic mass is 32.2. The maximum absolute atomic E-state index is 13.0. The van der Waals surface area contributed by atoms with Crippen LogP contribution in [0.1, 0.15) is 39.1 Å². The molecule has 0 bridgehead atoms. The maximum Gasteiger partial charge on any atom is 0.326 e. The van der Waals surface area contributed by atoms with Crippen molar-refractivity contribution in [1.29, 1.82) is 0 Å².